The molecule has 0 unspecified atom stereocenters. The van der Waals surface area contributed by atoms with E-state index < -0.39 is 40.7 Å². The molecule has 3 heterocycles. The number of ketones is 1. The van der Waals surface area contributed by atoms with Crippen molar-refractivity contribution in [3.05, 3.63) is 106 Å². The monoisotopic (exact) mass is 495 g/mol. The second kappa shape index (κ2) is 8.41. The van der Waals surface area contributed by atoms with Crippen LogP contribution in [0.25, 0.3) is 6.08 Å². The van der Waals surface area contributed by atoms with E-state index in [1.807, 2.05) is 35.2 Å². The van der Waals surface area contributed by atoms with Crippen LogP contribution in [0.15, 0.2) is 79.0 Å². The molecule has 3 aliphatic heterocycles. The molecule has 0 radical (unpaired) electrons. The summed E-state index contributed by atoms with van der Waals surface area (Å²) in [6, 6.07) is 18.2. The van der Waals surface area contributed by atoms with Crippen LogP contribution in [-0.4, -0.2) is 40.6 Å². The molecule has 0 N–H and O–H groups in total. The van der Waals surface area contributed by atoms with Crippen LogP contribution in [0, 0.1) is 22.0 Å². The van der Waals surface area contributed by atoms with Crippen LogP contribution in [-0.2, 0) is 9.59 Å². The molecule has 2 fully saturated rings. The van der Waals surface area contributed by atoms with Crippen LogP contribution in [0.2, 0.25) is 0 Å². The minimum Gasteiger partial charge on any atom is -0.497 e. The molecule has 9 heteroatoms. The van der Waals surface area contributed by atoms with Gasteiger partial charge in [-0.05, 0) is 53.6 Å². The lowest BCUT2D eigenvalue weighted by Gasteiger charge is -2.35. The number of hydrogen-bond acceptors (Lipinski definition) is 7. The van der Waals surface area contributed by atoms with Crippen LogP contribution in [0.4, 0.5) is 11.4 Å². The number of imide groups is 1. The third kappa shape index (κ3) is 3.35. The summed E-state index contributed by atoms with van der Waals surface area (Å²) >= 11 is 0. The number of Topliss-reactive ketones (excluding diaryl/α,β-unsaturated/α-hetero) is 1. The molecule has 184 valence electrons. The van der Waals surface area contributed by atoms with Crippen molar-refractivity contribution in [3.8, 4) is 5.75 Å². The van der Waals surface area contributed by atoms with Crippen LogP contribution < -0.4 is 9.64 Å². The summed E-state index contributed by atoms with van der Waals surface area (Å²) < 4.78 is 5.21. The number of rotatable bonds is 5. The fourth-order valence-electron chi connectivity index (χ4n) is 5.76. The van der Waals surface area contributed by atoms with Crippen LogP contribution >= 0.6 is 0 Å². The molecule has 4 atom stereocenters. The van der Waals surface area contributed by atoms with E-state index >= 15 is 0 Å². The summed E-state index contributed by atoms with van der Waals surface area (Å²) in [5.74, 6) is -2.29. The van der Waals surface area contributed by atoms with E-state index in [4.69, 9.17) is 4.74 Å². The van der Waals surface area contributed by atoms with E-state index in [0.717, 1.165) is 16.0 Å². The highest BCUT2D eigenvalue weighted by Gasteiger charge is 2.64. The van der Waals surface area contributed by atoms with Crippen molar-refractivity contribution >= 4 is 35.0 Å². The van der Waals surface area contributed by atoms with Gasteiger partial charge in [0.15, 0.2) is 5.78 Å². The molecular formula is C28H21N3O6. The van der Waals surface area contributed by atoms with E-state index in [0.29, 0.717) is 11.3 Å². The molecule has 37 heavy (non-hydrogen) atoms. The lowest BCUT2D eigenvalue weighted by molar-refractivity contribution is -0.384. The molecule has 0 aromatic heterocycles. The highest BCUT2D eigenvalue weighted by atomic mass is 16.6. The first-order chi connectivity index (χ1) is 17.9. The van der Waals surface area contributed by atoms with Gasteiger partial charge in [0, 0.05) is 23.9 Å². The largest absolute Gasteiger partial charge is 0.497 e. The summed E-state index contributed by atoms with van der Waals surface area (Å²) in [5.41, 5.74) is 2.31. The lowest BCUT2D eigenvalue weighted by atomic mass is 9.83. The number of anilines is 1. The van der Waals surface area contributed by atoms with Crippen molar-refractivity contribution in [2.75, 3.05) is 12.0 Å². The van der Waals surface area contributed by atoms with Gasteiger partial charge in [0.25, 0.3) is 5.69 Å². The smallest absolute Gasteiger partial charge is 0.269 e. The zero-order valence-electron chi connectivity index (χ0n) is 19.7. The number of non-ortho nitro benzene ring substituents is 1. The molecular weight excluding hydrogens is 474 g/mol. The second-order valence-electron chi connectivity index (χ2n) is 9.21. The molecule has 3 aromatic carbocycles. The maximum Gasteiger partial charge on any atom is 0.269 e. The maximum absolute atomic E-state index is 13.9. The van der Waals surface area contributed by atoms with Gasteiger partial charge >= 0.3 is 0 Å². The summed E-state index contributed by atoms with van der Waals surface area (Å²) in [7, 11) is 1.54. The normalized spacial score (nSPS) is 23.5. The minimum atomic E-state index is -0.918. The zero-order chi connectivity index (χ0) is 25.8. The molecule has 0 spiro atoms. The van der Waals surface area contributed by atoms with Gasteiger partial charge in [-0.2, -0.15) is 0 Å². The van der Waals surface area contributed by atoms with E-state index in [1.165, 1.54) is 31.4 Å². The Morgan fingerprint density at radius 1 is 0.919 bits per heavy atom. The van der Waals surface area contributed by atoms with Gasteiger partial charge in [-0.15, -0.1) is 0 Å². The number of nitro groups is 1. The Kier molecular flexibility index (Phi) is 5.15. The SMILES string of the molecule is COc1ccc(C(=O)[C@@H]2[C@H]3C(=O)N(c4ccc([N+](=O)[O-])cc4)C(=O)[C@@H]3[C@H]3c4ccccc4C=CN23)cc1. The first kappa shape index (κ1) is 22.7. The van der Waals surface area contributed by atoms with Crippen molar-refractivity contribution < 1.29 is 24.0 Å². The molecule has 0 bridgehead atoms. The fraction of sp³-hybridized carbons (Fsp3) is 0.179. The number of carbonyl (C=O) groups is 3. The third-order valence-electron chi connectivity index (χ3n) is 7.42. The highest BCUT2D eigenvalue weighted by Crippen LogP contribution is 2.53. The van der Waals surface area contributed by atoms with Crippen molar-refractivity contribution in [1.82, 2.24) is 4.90 Å². The Morgan fingerprint density at radius 2 is 1.59 bits per heavy atom. The zero-order valence-corrected chi connectivity index (χ0v) is 19.7. The van der Waals surface area contributed by atoms with E-state index in [2.05, 4.69) is 0 Å². The average molecular weight is 495 g/mol. The second-order valence-corrected chi connectivity index (χ2v) is 9.21. The van der Waals surface area contributed by atoms with E-state index in [9.17, 15) is 24.5 Å². The summed E-state index contributed by atoms with van der Waals surface area (Å²) in [6.45, 7) is 0. The first-order valence-electron chi connectivity index (χ1n) is 11.8. The molecule has 2 amide bonds. The summed E-state index contributed by atoms with van der Waals surface area (Å²) in [6.07, 6.45) is 3.69. The summed E-state index contributed by atoms with van der Waals surface area (Å²) in [4.78, 5) is 55.1. The predicted molar refractivity (Wildman–Crippen MR) is 134 cm³/mol. The standard InChI is InChI=1S/C28H21N3O6/c1-37-20-12-6-17(7-13-20)26(32)25-23-22(24-21-5-3-2-4-16(21)14-15-29(24)25)27(33)30(28(23)34)18-8-10-19(11-9-18)31(35)36/h2-15,22-25H,1H3/t22-,23-,24+,25-/m0/s1. The Bertz CT molecular complexity index is 1480. The molecule has 6 rings (SSSR count). The Balaban J connectivity index is 1.45. The molecule has 0 aliphatic carbocycles. The van der Waals surface area contributed by atoms with Gasteiger partial charge in [-0.25, -0.2) is 4.90 Å². The predicted octanol–water partition coefficient (Wildman–Crippen LogP) is 4.00. The quantitative estimate of drug-likeness (QED) is 0.228. The lowest BCUT2D eigenvalue weighted by Crippen LogP contribution is -2.44. The van der Waals surface area contributed by atoms with Gasteiger partial charge < -0.3 is 9.64 Å². The number of benzene rings is 3. The highest BCUT2D eigenvalue weighted by molar-refractivity contribution is 6.24. The molecule has 3 aromatic rings. The van der Waals surface area contributed by atoms with Gasteiger partial charge in [0.05, 0.1) is 35.6 Å². The van der Waals surface area contributed by atoms with Crippen molar-refractivity contribution in [3.63, 3.8) is 0 Å². The first-order valence-corrected chi connectivity index (χ1v) is 11.8. The number of carbonyl (C=O) groups excluding carboxylic acids is 3. The Morgan fingerprint density at radius 3 is 2.27 bits per heavy atom. The van der Waals surface area contributed by atoms with Crippen LogP contribution in [0.1, 0.15) is 27.5 Å². The van der Waals surface area contributed by atoms with Gasteiger partial charge in [-0.1, -0.05) is 24.3 Å². The molecule has 0 saturated carbocycles. The summed E-state index contributed by atoms with van der Waals surface area (Å²) in [5, 5.41) is 11.1. The Labute approximate surface area is 211 Å². The van der Waals surface area contributed by atoms with Crippen molar-refractivity contribution in [2.45, 2.75) is 12.1 Å². The fourth-order valence-corrected chi connectivity index (χ4v) is 5.76. The van der Waals surface area contributed by atoms with Gasteiger partial charge in [0.1, 0.15) is 11.8 Å². The van der Waals surface area contributed by atoms with Crippen LogP contribution in [0.5, 0.6) is 5.75 Å². The number of ether oxygens (including phenoxy) is 1. The van der Waals surface area contributed by atoms with Crippen molar-refractivity contribution in [1.29, 1.82) is 0 Å². The van der Waals surface area contributed by atoms with E-state index in [-0.39, 0.29) is 17.2 Å². The minimum absolute atomic E-state index is 0.145. The topological polar surface area (TPSA) is 110 Å². The number of hydrogen-bond donors (Lipinski definition) is 0. The number of amides is 2. The number of nitro benzene ring substituents is 1. The Hall–Kier alpha value is -4.79. The maximum atomic E-state index is 13.9. The van der Waals surface area contributed by atoms with Crippen LogP contribution in [0.3, 0.4) is 0 Å². The van der Waals surface area contributed by atoms with E-state index in [1.54, 1.807) is 30.5 Å². The number of fused-ring (bicyclic) bond motifs is 5. The molecule has 9 nitrogen and oxygen atoms in total. The number of methoxy groups -OCH3 is 1. The third-order valence-corrected chi connectivity index (χ3v) is 7.42. The van der Waals surface area contributed by atoms with Crippen molar-refractivity contribution in [2.24, 2.45) is 11.8 Å². The number of nitrogens with zero attached hydrogens (tertiary/aromatic N) is 3. The molecule has 2 saturated heterocycles. The van der Waals surface area contributed by atoms with Gasteiger partial charge in [0.2, 0.25) is 11.8 Å². The molecule has 3 aliphatic rings. The van der Waals surface area contributed by atoms with Gasteiger partial charge in [-0.3, -0.25) is 24.5 Å². The average Bonchev–Trinajstić information content (AvgIpc) is 3.40.